The minimum atomic E-state index is 0.453. The number of nitrogens with one attached hydrogen (secondary N) is 1. The lowest BCUT2D eigenvalue weighted by Gasteiger charge is -2.23. The molecule has 2 heterocycles. The summed E-state index contributed by atoms with van der Waals surface area (Å²) < 4.78 is 13.8. The summed E-state index contributed by atoms with van der Waals surface area (Å²) in [4.78, 5) is 2.16. The maximum Gasteiger partial charge on any atom is 0.254 e. The predicted molar refractivity (Wildman–Crippen MR) is 64.2 cm³/mol. The zero-order valence-corrected chi connectivity index (χ0v) is 9.96. The average molecular weight is 238 g/mol. The van der Waals surface area contributed by atoms with Crippen LogP contribution in [0.25, 0.3) is 5.57 Å². The van der Waals surface area contributed by atoms with Crippen LogP contribution in [0.3, 0.4) is 0 Å². The van der Waals surface area contributed by atoms with Gasteiger partial charge in [0.25, 0.3) is 5.88 Å². The van der Waals surface area contributed by atoms with Crippen molar-refractivity contribution in [1.29, 1.82) is 0 Å². The van der Waals surface area contributed by atoms with Crippen LogP contribution in [0.5, 0.6) is 5.88 Å². The van der Waals surface area contributed by atoms with Gasteiger partial charge < -0.3 is 10.1 Å². The summed E-state index contributed by atoms with van der Waals surface area (Å²) in [6.45, 7) is 5.76. The number of nitrogens with zero attached hydrogens (tertiary/aromatic N) is 3. The molecule has 16 heavy (non-hydrogen) atoms. The van der Waals surface area contributed by atoms with Gasteiger partial charge in [0.2, 0.25) is 0 Å². The summed E-state index contributed by atoms with van der Waals surface area (Å²) >= 11 is 1.17. The molecule has 86 valence electrons. The van der Waals surface area contributed by atoms with Crippen molar-refractivity contribution in [2.24, 2.45) is 0 Å². The Balaban J connectivity index is 2.16. The van der Waals surface area contributed by atoms with Crippen molar-refractivity contribution >= 4 is 17.3 Å². The van der Waals surface area contributed by atoms with Gasteiger partial charge in [0.1, 0.15) is 12.3 Å². The second kappa shape index (κ2) is 5.09. The molecule has 0 fully saturated rings. The largest absolute Gasteiger partial charge is 0.471 e. The molecule has 1 aliphatic heterocycles. The van der Waals surface area contributed by atoms with Crippen LogP contribution in [-0.4, -0.2) is 40.5 Å². The summed E-state index contributed by atoms with van der Waals surface area (Å²) in [6.07, 6.45) is 3.67. The Hall–Kier alpha value is -1.40. The Morgan fingerprint density at radius 1 is 1.69 bits per heavy atom. The van der Waals surface area contributed by atoms with Gasteiger partial charge >= 0.3 is 0 Å². The summed E-state index contributed by atoms with van der Waals surface area (Å²) in [7, 11) is 2.05. The molecule has 0 atom stereocenters. The number of rotatable bonds is 4. The van der Waals surface area contributed by atoms with Gasteiger partial charge in [-0.3, -0.25) is 4.90 Å². The molecule has 0 bridgehead atoms. The lowest BCUT2D eigenvalue weighted by Crippen LogP contribution is -2.34. The first kappa shape index (κ1) is 11.1. The van der Waals surface area contributed by atoms with E-state index in [2.05, 4.69) is 25.5 Å². The Bertz CT molecular complexity index is 401. The molecule has 5 nitrogen and oxygen atoms in total. The lowest BCUT2D eigenvalue weighted by molar-refractivity contribution is 0.340. The van der Waals surface area contributed by atoms with Crippen LogP contribution in [0, 0.1) is 0 Å². The maximum absolute atomic E-state index is 5.45. The van der Waals surface area contributed by atoms with E-state index in [0.717, 1.165) is 24.5 Å². The van der Waals surface area contributed by atoms with E-state index in [1.807, 2.05) is 13.2 Å². The predicted octanol–water partition coefficient (Wildman–Crippen LogP) is 0.936. The Kier molecular flexibility index (Phi) is 3.53. The van der Waals surface area contributed by atoms with Crippen molar-refractivity contribution in [3.05, 3.63) is 24.5 Å². The molecule has 0 saturated carbocycles. The topological polar surface area (TPSA) is 50.3 Å². The van der Waals surface area contributed by atoms with Gasteiger partial charge in [-0.2, -0.15) is 4.37 Å². The Morgan fingerprint density at radius 3 is 3.31 bits per heavy atom. The van der Waals surface area contributed by atoms with E-state index in [9.17, 15) is 0 Å². The van der Waals surface area contributed by atoms with E-state index in [1.54, 1.807) is 6.08 Å². The van der Waals surface area contributed by atoms with Crippen LogP contribution in [0.4, 0.5) is 0 Å². The highest BCUT2D eigenvalue weighted by Crippen LogP contribution is 2.25. The Morgan fingerprint density at radius 2 is 2.56 bits per heavy atom. The zero-order chi connectivity index (χ0) is 11.4. The third-order valence-electron chi connectivity index (χ3n) is 2.18. The summed E-state index contributed by atoms with van der Waals surface area (Å²) in [5.41, 5.74) is 1.92. The van der Waals surface area contributed by atoms with Gasteiger partial charge in [-0.1, -0.05) is 12.7 Å². The zero-order valence-electron chi connectivity index (χ0n) is 9.14. The van der Waals surface area contributed by atoms with Crippen molar-refractivity contribution in [3.8, 4) is 5.88 Å². The molecule has 0 radical (unpaired) electrons. The molecule has 1 N–H and O–H groups in total. The van der Waals surface area contributed by atoms with E-state index in [1.165, 1.54) is 11.7 Å². The highest BCUT2D eigenvalue weighted by atomic mass is 32.1. The van der Waals surface area contributed by atoms with E-state index < -0.39 is 0 Å². The van der Waals surface area contributed by atoms with E-state index in [-0.39, 0.29) is 0 Å². The number of hydrogen-bond acceptors (Lipinski definition) is 6. The van der Waals surface area contributed by atoms with Crippen molar-refractivity contribution in [1.82, 2.24) is 19.0 Å². The molecule has 0 aromatic carbocycles. The third-order valence-corrected chi connectivity index (χ3v) is 2.69. The van der Waals surface area contributed by atoms with Crippen molar-refractivity contribution in [2.75, 3.05) is 26.9 Å². The molecule has 0 unspecified atom stereocenters. The standard InChI is InChI=1S/C10H14N4OS/c1-3-4-15-10-9(12-16-13-10)8-5-11-7-14(2)6-8/h3,5,11H,1,4,6-7H2,2H3. The summed E-state index contributed by atoms with van der Waals surface area (Å²) in [6, 6.07) is 0. The highest BCUT2D eigenvalue weighted by molar-refractivity contribution is 6.99. The van der Waals surface area contributed by atoms with Crippen LogP contribution in [0.15, 0.2) is 18.9 Å². The van der Waals surface area contributed by atoms with Gasteiger partial charge in [0.05, 0.1) is 18.4 Å². The minimum Gasteiger partial charge on any atom is -0.471 e. The lowest BCUT2D eigenvalue weighted by atomic mass is 10.2. The minimum absolute atomic E-state index is 0.453. The quantitative estimate of drug-likeness (QED) is 0.791. The fourth-order valence-electron chi connectivity index (χ4n) is 1.47. The normalized spacial score (nSPS) is 16.4. The molecular weight excluding hydrogens is 224 g/mol. The second-order valence-corrected chi connectivity index (χ2v) is 4.09. The van der Waals surface area contributed by atoms with Crippen molar-refractivity contribution < 1.29 is 4.74 Å². The fourth-order valence-corrected chi connectivity index (χ4v) is 2.00. The molecule has 0 spiro atoms. The molecule has 6 heteroatoms. The molecule has 0 saturated heterocycles. The molecular formula is C10H14N4OS. The van der Waals surface area contributed by atoms with Gasteiger partial charge in [-0.15, -0.1) is 4.37 Å². The van der Waals surface area contributed by atoms with Crippen molar-refractivity contribution in [2.45, 2.75) is 0 Å². The average Bonchev–Trinajstić information content (AvgIpc) is 2.74. The van der Waals surface area contributed by atoms with Crippen LogP contribution < -0.4 is 10.1 Å². The molecule has 1 aromatic rings. The van der Waals surface area contributed by atoms with E-state index in [0.29, 0.717) is 12.5 Å². The maximum atomic E-state index is 5.45. The van der Waals surface area contributed by atoms with Gasteiger partial charge in [0.15, 0.2) is 0 Å². The first-order chi connectivity index (χ1) is 7.81. The van der Waals surface area contributed by atoms with Crippen LogP contribution >= 0.6 is 11.7 Å². The fraction of sp³-hybridized carbons (Fsp3) is 0.400. The third kappa shape index (κ3) is 2.40. The van der Waals surface area contributed by atoms with E-state index in [4.69, 9.17) is 4.74 Å². The van der Waals surface area contributed by atoms with Gasteiger partial charge in [0, 0.05) is 18.3 Å². The summed E-state index contributed by atoms with van der Waals surface area (Å²) in [5, 5.41) is 3.18. The van der Waals surface area contributed by atoms with Crippen LogP contribution in [0.2, 0.25) is 0 Å². The van der Waals surface area contributed by atoms with Crippen LogP contribution in [-0.2, 0) is 0 Å². The molecule has 1 aliphatic rings. The second-order valence-electron chi connectivity index (χ2n) is 3.56. The molecule has 1 aromatic heterocycles. The first-order valence-electron chi connectivity index (χ1n) is 4.99. The van der Waals surface area contributed by atoms with Crippen molar-refractivity contribution in [3.63, 3.8) is 0 Å². The monoisotopic (exact) mass is 238 g/mol. The number of likely N-dealkylation sites (N-methyl/N-ethyl adjacent to an activating group) is 1. The SMILES string of the molecule is C=CCOc1nsnc1C1=CNCN(C)C1. The van der Waals surface area contributed by atoms with Gasteiger partial charge in [-0.05, 0) is 7.05 Å². The molecule has 0 amide bonds. The first-order valence-corrected chi connectivity index (χ1v) is 5.72. The highest BCUT2D eigenvalue weighted by Gasteiger charge is 2.17. The van der Waals surface area contributed by atoms with E-state index >= 15 is 0 Å². The Labute approximate surface area is 98.8 Å². The summed E-state index contributed by atoms with van der Waals surface area (Å²) in [5.74, 6) is 0.591. The van der Waals surface area contributed by atoms with Gasteiger partial charge in [-0.25, -0.2) is 0 Å². The molecule has 0 aliphatic carbocycles. The number of ether oxygens (including phenoxy) is 1. The smallest absolute Gasteiger partial charge is 0.254 e. The number of hydrogen-bond donors (Lipinski definition) is 1. The number of aromatic nitrogens is 2. The molecule has 2 rings (SSSR count). The van der Waals surface area contributed by atoms with Crippen LogP contribution in [0.1, 0.15) is 5.69 Å².